The quantitative estimate of drug-likeness (QED) is 0.831. The van der Waals surface area contributed by atoms with Crippen molar-refractivity contribution in [1.29, 1.82) is 0 Å². The molecule has 0 bridgehead atoms. The predicted molar refractivity (Wildman–Crippen MR) is 69.1 cm³/mol. The maximum Gasteiger partial charge on any atom is 0.179 e. The number of rotatable bonds is 1. The Labute approximate surface area is 109 Å². The lowest BCUT2D eigenvalue weighted by Crippen LogP contribution is -1.97. The molecular weight excluding hydrogens is 254 g/mol. The number of ether oxygens (including phenoxy) is 2. The van der Waals surface area contributed by atoms with E-state index in [1.807, 2.05) is 6.07 Å². The first-order valence-electron chi connectivity index (χ1n) is 5.64. The Morgan fingerprint density at radius 2 is 2.11 bits per heavy atom. The third-order valence-electron chi connectivity index (χ3n) is 2.78. The standard InChI is InChI=1S/C12H12ClN3O2/c13-9-4-7(8-6-15-16-12(8)14)5-10-11(9)18-3-1-2-17-10/h4-6H,1-3H2,(H3,14,15,16). The molecule has 0 saturated heterocycles. The summed E-state index contributed by atoms with van der Waals surface area (Å²) in [6.45, 7) is 1.23. The van der Waals surface area contributed by atoms with Crippen molar-refractivity contribution >= 4 is 17.4 Å². The summed E-state index contributed by atoms with van der Waals surface area (Å²) in [5, 5.41) is 7.10. The number of nitrogens with one attached hydrogen (secondary N) is 1. The van der Waals surface area contributed by atoms with Gasteiger partial charge in [0.05, 0.1) is 24.4 Å². The molecule has 3 N–H and O–H groups in total. The Morgan fingerprint density at radius 1 is 1.28 bits per heavy atom. The molecule has 0 saturated carbocycles. The molecule has 94 valence electrons. The topological polar surface area (TPSA) is 73.2 Å². The highest BCUT2D eigenvalue weighted by Gasteiger charge is 2.17. The minimum Gasteiger partial charge on any atom is -0.489 e. The van der Waals surface area contributed by atoms with Crippen LogP contribution in [0.25, 0.3) is 11.1 Å². The number of benzene rings is 1. The Bertz CT molecular complexity index is 583. The molecule has 0 atom stereocenters. The van der Waals surface area contributed by atoms with E-state index in [2.05, 4.69) is 10.2 Å². The summed E-state index contributed by atoms with van der Waals surface area (Å²) < 4.78 is 11.2. The molecule has 0 spiro atoms. The summed E-state index contributed by atoms with van der Waals surface area (Å²) in [6, 6.07) is 3.67. The summed E-state index contributed by atoms with van der Waals surface area (Å²) in [6.07, 6.45) is 2.50. The van der Waals surface area contributed by atoms with Gasteiger partial charge >= 0.3 is 0 Å². The number of nitrogen functional groups attached to an aromatic ring is 1. The van der Waals surface area contributed by atoms with E-state index in [-0.39, 0.29) is 0 Å². The van der Waals surface area contributed by atoms with Gasteiger partial charge in [-0.2, -0.15) is 5.10 Å². The maximum atomic E-state index is 6.21. The van der Waals surface area contributed by atoms with Crippen LogP contribution in [-0.2, 0) is 0 Å². The molecule has 1 aliphatic heterocycles. The van der Waals surface area contributed by atoms with Crippen LogP contribution in [0.4, 0.5) is 5.82 Å². The number of hydrogen-bond acceptors (Lipinski definition) is 4. The van der Waals surface area contributed by atoms with E-state index >= 15 is 0 Å². The first-order valence-corrected chi connectivity index (χ1v) is 6.02. The van der Waals surface area contributed by atoms with E-state index in [0.29, 0.717) is 35.6 Å². The van der Waals surface area contributed by atoms with Crippen LogP contribution >= 0.6 is 11.6 Å². The van der Waals surface area contributed by atoms with Crippen molar-refractivity contribution in [2.24, 2.45) is 0 Å². The number of aromatic amines is 1. The van der Waals surface area contributed by atoms with Crippen LogP contribution in [-0.4, -0.2) is 23.4 Å². The Morgan fingerprint density at radius 3 is 2.89 bits per heavy atom. The molecule has 0 amide bonds. The summed E-state index contributed by atoms with van der Waals surface area (Å²) in [5.74, 6) is 1.75. The normalized spacial score (nSPS) is 14.3. The van der Waals surface area contributed by atoms with Crippen molar-refractivity contribution in [1.82, 2.24) is 10.2 Å². The molecule has 1 aromatic heterocycles. The highest BCUT2D eigenvalue weighted by Crippen LogP contribution is 2.41. The second-order valence-electron chi connectivity index (χ2n) is 4.03. The van der Waals surface area contributed by atoms with Gasteiger partial charge in [0.2, 0.25) is 0 Å². The van der Waals surface area contributed by atoms with Gasteiger partial charge in [0, 0.05) is 12.0 Å². The Hall–Kier alpha value is -1.88. The van der Waals surface area contributed by atoms with Gasteiger partial charge in [0.25, 0.3) is 0 Å². The fourth-order valence-corrected chi connectivity index (χ4v) is 2.18. The van der Waals surface area contributed by atoms with Crippen LogP contribution < -0.4 is 15.2 Å². The predicted octanol–water partition coefficient (Wildman–Crippen LogP) is 2.47. The lowest BCUT2D eigenvalue weighted by molar-refractivity contribution is 0.297. The van der Waals surface area contributed by atoms with E-state index in [9.17, 15) is 0 Å². The van der Waals surface area contributed by atoms with Crippen molar-refractivity contribution in [2.75, 3.05) is 18.9 Å². The van der Waals surface area contributed by atoms with Crippen LogP contribution in [0.1, 0.15) is 6.42 Å². The molecule has 3 rings (SSSR count). The smallest absolute Gasteiger partial charge is 0.179 e. The van der Waals surface area contributed by atoms with Crippen LogP contribution in [0.3, 0.4) is 0 Å². The van der Waals surface area contributed by atoms with Crippen molar-refractivity contribution in [2.45, 2.75) is 6.42 Å². The fraction of sp³-hybridized carbons (Fsp3) is 0.250. The van der Waals surface area contributed by atoms with Gasteiger partial charge in [-0.1, -0.05) is 11.6 Å². The molecule has 1 aliphatic rings. The van der Waals surface area contributed by atoms with Crippen molar-refractivity contribution in [3.05, 3.63) is 23.4 Å². The molecule has 6 heteroatoms. The van der Waals surface area contributed by atoms with E-state index in [1.165, 1.54) is 0 Å². The number of halogens is 1. The Balaban J connectivity index is 2.11. The summed E-state index contributed by atoms with van der Waals surface area (Å²) >= 11 is 6.21. The summed E-state index contributed by atoms with van der Waals surface area (Å²) in [4.78, 5) is 0. The van der Waals surface area contributed by atoms with Crippen LogP contribution in [0.5, 0.6) is 11.5 Å². The highest BCUT2D eigenvalue weighted by atomic mass is 35.5. The number of nitrogens with two attached hydrogens (primary N) is 1. The van der Waals surface area contributed by atoms with Crippen molar-refractivity contribution in [3.8, 4) is 22.6 Å². The van der Waals surface area contributed by atoms with Gasteiger partial charge in [-0.05, 0) is 17.7 Å². The number of anilines is 1. The summed E-state index contributed by atoms with van der Waals surface area (Å²) in [7, 11) is 0. The fourth-order valence-electron chi connectivity index (χ4n) is 1.91. The monoisotopic (exact) mass is 265 g/mol. The second-order valence-corrected chi connectivity index (χ2v) is 4.44. The lowest BCUT2D eigenvalue weighted by Gasteiger charge is -2.11. The molecule has 18 heavy (non-hydrogen) atoms. The minimum absolute atomic E-state index is 0.501. The van der Waals surface area contributed by atoms with Crippen molar-refractivity contribution < 1.29 is 9.47 Å². The first-order chi connectivity index (χ1) is 8.75. The molecule has 2 heterocycles. The molecular formula is C12H12ClN3O2. The number of aromatic nitrogens is 2. The molecule has 0 radical (unpaired) electrons. The lowest BCUT2D eigenvalue weighted by atomic mass is 10.1. The number of hydrogen-bond donors (Lipinski definition) is 2. The number of H-pyrrole nitrogens is 1. The molecule has 2 aromatic rings. The van der Waals surface area contributed by atoms with E-state index in [0.717, 1.165) is 17.5 Å². The minimum atomic E-state index is 0.501. The van der Waals surface area contributed by atoms with E-state index in [4.69, 9.17) is 26.8 Å². The van der Waals surface area contributed by atoms with Crippen LogP contribution in [0, 0.1) is 0 Å². The van der Waals surface area contributed by atoms with Gasteiger partial charge in [0.15, 0.2) is 11.5 Å². The van der Waals surface area contributed by atoms with Crippen LogP contribution in [0.15, 0.2) is 18.3 Å². The third-order valence-corrected chi connectivity index (χ3v) is 3.06. The second kappa shape index (κ2) is 4.42. The largest absolute Gasteiger partial charge is 0.489 e. The van der Waals surface area contributed by atoms with Gasteiger partial charge in [0.1, 0.15) is 5.82 Å². The van der Waals surface area contributed by atoms with Crippen molar-refractivity contribution in [3.63, 3.8) is 0 Å². The third kappa shape index (κ3) is 1.86. The molecule has 0 fully saturated rings. The van der Waals surface area contributed by atoms with Gasteiger partial charge < -0.3 is 15.2 Å². The Kier molecular flexibility index (Phi) is 2.76. The molecule has 1 aromatic carbocycles. The molecule has 5 nitrogen and oxygen atoms in total. The summed E-state index contributed by atoms with van der Waals surface area (Å²) in [5.41, 5.74) is 7.45. The highest BCUT2D eigenvalue weighted by molar-refractivity contribution is 6.32. The average molecular weight is 266 g/mol. The average Bonchev–Trinajstić information content (AvgIpc) is 2.63. The van der Waals surface area contributed by atoms with E-state index in [1.54, 1.807) is 12.3 Å². The van der Waals surface area contributed by atoms with E-state index < -0.39 is 0 Å². The zero-order valence-electron chi connectivity index (χ0n) is 9.57. The van der Waals surface area contributed by atoms with Gasteiger partial charge in [-0.3, -0.25) is 5.10 Å². The number of nitrogens with zero attached hydrogens (tertiary/aromatic N) is 1. The van der Waals surface area contributed by atoms with Gasteiger partial charge in [-0.25, -0.2) is 0 Å². The number of fused-ring (bicyclic) bond motifs is 1. The van der Waals surface area contributed by atoms with Crippen LogP contribution in [0.2, 0.25) is 5.02 Å². The van der Waals surface area contributed by atoms with Gasteiger partial charge in [-0.15, -0.1) is 0 Å². The maximum absolute atomic E-state index is 6.21. The zero-order valence-corrected chi connectivity index (χ0v) is 10.3. The molecule has 0 unspecified atom stereocenters. The SMILES string of the molecule is Nc1[nH]ncc1-c1cc(Cl)c2c(c1)OCCCO2. The molecule has 0 aliphatic carbocycles. The zero-order chi connectivity index (χ0) is 12.5. The first kappa shape index (κ1) is 11.2.